The normalized spacial score (nSPS) is 50.4. The molecule has 0 aromatic rings. The Bertz CT molecular complexity index is 476. The highest BCUT2D eigenvalue weighted by Gasteiger charge is 2.69. The van der Waals surface area contributed by atoms with Crippen molar-refractivity contribution < 1.29 is 0 Å². The summed E-state index contributed by atoms with van der Waals surface area (Å²) in [6.07, 6.45) is 9.47. The topological polar surface area (TPSA) is 0 Å². The van der Waals surface area contributed by atoms with Crippen LogP contribution < -0.4 is 0 Å². The first kappa shape index (κ1) is 17.2. The van der Waals surface area contributed by atoms with Crippen molar-refractivity contribution in [3.8, 4) is 0 Å². The highest BCUT2D eigenvalue weighted by molar-refractivity contribution is 6.63. The zero-order valence-electron chi connectivity index (χ0n) is 17.0. The van der Waals surface area contributed by atoms with Crippen LogP contribution in [0.25, 0.3) is 0 Å². The van der Waals surface area contributed by atoms with Gasteiger partial charge in [-0.15, -0.1) is 6.58 Å². The van der Waals surface area contributed by atoms with Crippen LogP contribution in [0.4, 0.5) is 0 Å². The maximum Gasteiger partial charge on any atom is 0.151 e. The number of hydrogen-bond acceptors (Lipinski definition) is 0. The molecule has 0 spiro atoms. The molecule has 1 heteroatoms. The molecule has 0 nitrogen and oxygen atoms in total. The largest absolute Gasteiger partial charge is 0.151 e. The van der Waals surface area contributed by atoms with Gasteiger partial charge in [-0.3, -0.25) is 0 Å². The van der Waals surface area contributed by atoms with Gasteiger partial charge in [-0.2, -0.15) is 0 Å². The van der Waals surface area contributed by atoms with Crippen molar-refractivity contribution in [1.82, 2.24) is 0 Å². The number of allylic oxidation sites excluding steroid dienone is 1. The van der Waals surface area contributed by atoms with E-state index in [1.54, 1.807) is 0 Å². The van der Waals surface area contributed by atoms with E-state index in [1.165, 1.54) is 32.0 Å². The maximum absolute atomic E-state index is 4.19. The van der Waals surface area contributed by atoms with Crippen LogP contribution in [0.15, 0.2) is 12.7 Å². The lowest BCUT2D eigenvalue weighted by Crippen LogP contribution is -2.39. The SMILES string of the molecule is C=CCB([C@H]1[C@H]2[C@@H](CC[C@@H]1C)C2(C)C)[C@H]1[C@H]2[C@@H](CC[C@@H]1C)C2(C)C. The lowest BCUT2D eigenvalue weighted by Gasteiger charge is -2.42. The molecule has 0 amide bonds. The highest BCUT2D eigenvalue weighted by Crippen LogP contribution is 2.75. The first-order valence-electron chi connectivity index (χ1n) is 10.8. The molecule has 0 saturated heterocycles. The van der Waals surface area contributed by atoms with E-state index in [0.717, 1.165) is 53.9 Å². The lowest BCUT2D eigenvalue weighted by atomic mass is 9.25. The summed E-state index contributed by atoms with van der Waals surface area (Å²) in [5.74, 6) is 7.81. The Balaban J connectivity index is 1.65. The Morgan fingerprint density at radius 2 is 1.25 bits per heavy atom. The molecule has 8 atom stereocenters. The summed E-state index contributed by atoms with van der Waals surface area (Å²) in [7, 11) is 0. The summed E-state index contributed by atoms with van der Waals surface area (Å²) in [5.41, 5.74) is 1.23. The number of hydrogen-bond donors (Lipinski definition) is 0. The number of fused-ring (bicyclic) bond motifs is 2. The third-order valence-electron chi connectivity index (χ3n) is 9.72. The van der Waals surface area contributed by atoms with Crippen LogP contribution in [-0.4, -0.2) is 6.71 Å². The molecule has 0 aromatic carbocycles. The summed E-state index contributed by atoms with van der Waals surface area (Å²) < 4.78 is 0. The zero-order chi connectivity index (χ0) is 17.4. The van der Waals surface area contributed by atoms with Gasteiger partial charge < -0.3 is 0 Å². The quantitative estimate of drug-likeness (QED) is 0.393. The van der Waals surface area contributed by atoms with Crippen molar-refractivity contribution in [2.45, 2.75) is 85.2 Å². The van der Waals surface area contributed by atoms with Crippen LogP contribution in [-0.2, 0) is 0 Å². The molecule has 4 fully saturated rings. The van der Waals surface area contributed by atoms with Gasteiger partial charge in [0, 0.05) is 0 Å². The van der Waals surface area contributed by atoms with Gasteiger partial charge in [-0.05, 0) is 59.2 Å². The van der Waals surface area contributed by atoms with E-state index >= 15 is 0 Å². The Morgan fingerprint density at radius 3 is 1.62 bits per heavy atom. The van der Waals surface area contributed by atoms with Crippen molar-refractivity contribution in [3.63, 3.8) is 0 Å². The zero-order valence-corrected chi connectivity index (χ0v) is 17.0. The molecule has 0 aromatic heterocycles. The van der Waals surface area contributed by atoms with Gasteiger partial charge in [0.2, 0.25) is 0 Å². The standard InChI is InChI=1S/C23H39B/c1-8-13-24(20-14(2)9-11-16-18(20)22(16,4)5)21-15(3)10-12-17-19(21)23(17,6)7/h8,14-21H,1,9-13H2,2-7H3/t14-,15-,16+,17+,18+,19+,20+,21+/m0/s1. The molecule has 4 aliphatic rings. The van der Waals surface area contributed by atoms with Crippen LogP contribution >= 0.6 is 0 Å². The maximum atomic E-state index is 4.19. The molecule has 0 bridgehead atoms. The minimum Gasteiger partial charge on any atom is -0.104 e. The Hall–Kier alpha value is -0.195. The summed E-state index contributed by atoms with van der Waals surface area (Å²) >= 11 is 0. The molecular weight excluding hydrogens is 287 g/mol. The highest BCUT2D eigenvalue weighted by atomic mass is 14.7. The van der Waals surface area contributed by atoms with E-state index in [4.69, 9.17) is 0 Å². The van der Waals surface area contributed by atoms with E-state index in [9.17, 15) is 0 Å². The first-order valence-corrected chi connectivity index (χ1v) is 10.8. The third kappa shape index (κ3) is 2.25. The van der Waals surface area contributed by atoms with Gasteiger partial charge >= 0.3 is 0 Å². The van der Waals surface area contributed by atoms with Crippen molar-refractivity contribution in [2.75, 3.05) is 0 Å². The molecule has 0 unspecified atom stereocenters. The molecule has 0 aliphatic heterocycles. The van der Waals surface area contributed by atoms with Gasteiger partial charge in [0.15, 0.2) is 6.71 Å². The van der Waals surface area contributed by atoms with Crippen molar-refractivity contribution in [2.24, 2.45) is 46.3 Å². The molecule has 134 valence electrons. The van der Waals surface area contributed by atoms with E-state index in [1.807, 2.05) is 0 Å². The van der Waals surface area contributed by atoms with Gasteiger partial charge in [-0.25, -0.2) is 0 Å². The van der Waals surface area contributed by atoms with Gasteiger partial charge in [0.05, 0.1) is 0 Å². The van der Waals surface area contributed by atoms with Gasteiger partial charge in [0.25, 0.3) is 0 Å². The monoisotopic (exact) mass is 326 g/mol. The molecule has 0 radical (unpaired) electrons. The Morgan fingerprint density at radius 1 is 0.833 bits per heavy atom. The number of rotatable bonds is 4. The minimum absolute atomic E-state index is 0.616. The average Bonchev–Trinajstić information content (AvgIpc) is 3.28. The molecular formula is C23H39B. The van der Waals surface area contributed by atoms with Crippen LogP contribution in [0, 0.1) is 46.3 Å². The predicted octanol–water partition coefficient (Wildman–Crippen LogP) is 6.81. The molecule has 0 heterocycles. The second kappa shape index (κ2) is 5.40. The van der Waals surface area contributed by atoms with Crippen LogP contribution in [0.1, 0.15) is 67.2 Å². The summed E-state index contributed by atoms with van der Waals surface area (Å²) in [5, 5.41) is 0. The fourth-order valence-electron chi connectivity index (χ4n) is 8.32. The molecule has 4 rings (SSSR count). The first-order chi connectivity index (χ1) is 11.2. The third-order valence-corrected chi connectivity index (χ3v) is 9.72. The Kier molecular flexibility index (Phi) is 3.88. The van der Waals surface area contributed by atoms with Crippen molar-refractivity contribution in [3.05, 3.63) is 12.7 Å². The van der Waals surface area contributed by atoms with Crippen LogP contribution in [0.3, 0.4) is 0 Å². The van der Waals surface area contributed by atoms with E-state index in [2.05, 4.69) is 54.2 Å². The Labute approximate surface area is 151 Å². The summed E-state index contributed by atoms with van der Waals surface area (Å²) in [6, 6.07) is 0. The van der Waals surface area contributed by atoms with Crippen LogP contribution in [0.5, 0.6) is 0 Å². The second-order valence-electron chi connectivity index (χ2n) is 11.4. The fraction of sp³-hybridized carbons (Fsp3) is 0.913. The van der Waals surface area contributed by atoms with E-state index in [0.29, 0.717) is 10.8 Å². The van der Waals surface area contributed by atoms with Gasteiger partial charge in [0.1, 0.15) is 0 Å². The second-order valence-corrected chi connectivity index (χ2v) is 11.4. The predicted molar refractivity (Wildman–Crippen MR) is 107 cm³/mol. The summed E-state index contributed by atoms with van der Waals surface area (Å²) in [6.45, 7) is 20.5. The summed E-state index contributed by atoms with van der Waals surface area (Å²) in [4.78, 5) is 0. The molecule has 0 N–H and O–H groups in total. The van der Waals surface area contributed by atoms with Crippen LogP contribution in [0.2, 0.25) is 18.0 Å². The fourth-order valence-corrected chi connectivity index (χ4v) is 8.32. The van der Waals surface area contributed by atoms with Crippen molar-refractivity contribution in [1.29, 1.82) is 0 Å². The molecule has 4 saturated carbocycles. The lowest BCUT2D eigenvalue weighted by molar-refractivity contribution is 0.326. The van der Waals surface area contributed by atoms with E-state index in [-0.39, 0.29) is 0 Å². The van der Waals surface area contributed by atoms with E-state index < -0.39 is 0 Å². The van der Waals surface area contributed by atoms with Gasteiger partial charge in [-0.1, -0.05) is 78.4 Å². The molecule has 4 aliphatic carbocycles. The van der Waals surface area contributed by atoms with Crippen molar-refractivity contribution >= 4 is 6.71 Å². The smallest absolute Gasteiger partial charge is 0.104 e. The minimum atomic E-state index is 0.616. The average molecular weight is 326 g/mol. The molecule has 24 heavy (non-hydrogen) atoms.